The maximum absolute atomic E-state index is 13.7. The number of halogens is 1. The first-order valence-corrected chi connectivity index (χ1v) is 14.2. The van der Waals surface area contributed by atoms with Gasteiger partial charge in [0.05, 0.1) is 11.6 Å². The molecule has 1 aliphatic carbocycles. The molecular formula is C31H40FN5O. The van der Waals surface area contributed by atoms with Crippen molar-refractivity contribution in [2.45, 2.75) is 62.9 Å². The third kappa shape index (κ3) is 6.09. The molecule has 3 aliphatic rings. The van der Waals surface area contributed by atoms with Gasteiger partial charge in [-0.05, 0) is 92.4 Å². The Morgan fingerprint density at radius 2 is 1.87 bits per heavy atom. The largest absolute Gasteiger partial charge is 0.341 e. The summed E-state index contributed by atoms with van der Waals surface area (Å²) in [5.41, 5.74) is 10.6. The van der Waals surface area contributed by atoms with Crippen molar-refractivity contribution < 1.29 is 9.18 Å². The van der Waals surface area contributed by atoms with Crippen molar-refractivity contribution >= 4 is 5.91 Å². The minimum atomic E-state index is -0.247. The van der Waals surface area contributed by atoms with Crippen LogP contribution in [0.4, 0.5) is 4.39 Å². The van der Waals surface area contributed by atoms with Gasteiger partial charge in [-0.15, -0.1) is 0 Å². The normalized spacial score (nSPS) is 19.8. The maximum Gasteiger partial charge on any atom is 0.253 e. The zero-order chi connectivity index (χ0) is 26.6. The molecule has 2 aromatic rings. The van der Waals surface area contributed by atoms with Gasteiger partial charge in [-0.2, -0.15) is 5.26 Å². The van der Waals surface area contributed by atoms with Crippen LogP contribution in [0.5, 0.6) is 0 Å². The fraction of sp³-hybridized carbons (Fsp3) is 0.548. The van der Waals surface area contributed by atoms with E-state index >= 15 is 0 Å². The molecule has 1 amide bonds. The third-order valence-corrected chi connectivity index (χ3v) is 8.83. The first-order chi connectivity index (χ1) is 18.4. The van der Waals surface area contributed by atoms with Crippen molar-refractivity contribution in [1.82, 2.24) is 14.7 Å². The average molecular weight is 518 g/mol. The topological polar surface area (TPSA) is 76.6 Å². The number of nitriles is 1. The van der Waals surface area contributed by atoms with E-state index in [0.29, 0.717) is 29.8 Å². The van der Waals surface area contributed by atoms with Gasteiger partial charge in [0.1, 0.15) is 5.82 Å². The second kappa shape index (κ2) is 11.9. The molecule has 6 nitrogen and oxygen atoms in total. The van der Waals surface area contributed by atoms with E-state index in [4.69, 9.17) is 5.73 Å². The Bertz CT molecular complexity index is 1160. The molecule has 0 aromatic heterocycles. The highest BCUT2D eigenvalue weighted by Crippen LogP contribution is 2.29. The van der Waals surface area contributed by atoms with E-state index in [9.17, 15) is 14.4 Å². The van der Waals surface area contributed by atoms with Crippen LogP contribution in [0, 0.1) is 17.1 Å². The molecule has 0 spiro atoms. The molecule has 1 atom stereocenters. The Morgan fingerprint density at radius 1 is 1.16 bits per heavy atom. The summed E-state index contributed by atoms with van der Waals surface area (Å²) in [6.07, 6.45) is 7.05. The Labute approximate surface area is 226 Å². The Kier molecular flexibility index (Phi) is 8.42. The highest BCUT2D eigenvalue weighted by atomic mass is 19.1. The van der Waals surface area contributed by atoms with Crippen LogP contribution < -0.4 is 5.73 Å². The average Bonchev–Trinajstić information content (AvgIpc) is 2.91. The van der Waals surface area contributed by atoms with Gasteiger partial charge in [0.2, 0.25) is 0 Å². The van der Waals surface area contributed by atoms with Crippen LogP contribution in [-0.2, 0) is 12.8 Å². The van der Waals surface area contributed by atoms with Gasteiger partial charge < -0.3 is 15.5 Å². The number of nitrogens with zero attached hydrogens (tertiary/aromatic N) is 4. The summed E-state index contributed by atoms with van der Waals surface area (Å²) in [5, 5.41) is 9.55. The van der Waals surface area contributed by atoms with Gasteiger partial charge >= 0.3 is 0 Å². The monoisotopic (exact) mass is 517 g/mol. The Morgan fingerprint density at radius 3 is 2.58 bits per heavy atom. The predicted molar refractivity (Wildman–Crippen MR) is 148 cm³/mol. The Balaban J connectivity index is 1.25. The van der Waals surface area contributed by atoms with E-state index in [-0.39, 0.29) is 17.6 Å². The molecule has 7 heteroatoms. The highest BCUT2D eigenvalue weighted by Gasteiger charge is 2.33. The van der Waals surface area contributed by atoms with Crippen molar-refractivity contribution in [2.24, 2.45) is 5.73 Å². The number of rotatable bonds is 8. The quantitative estimate of drug-likeness (QED) is 0.574. The number of hydrogen-bond acceptors (Lipinski definition) is 5. The van der Waals surface area contributed by atoms with Crippen LogP contribution in [0.25, 0.3) is 0 Å². The van der Waals surface area contributed by atoms with E-state index in [1.54, 1.807) is 11.0 Å². The van der Waals surface area contributed by atoms with Crippen LogP contribution in [0.2, 0.25) is 0 Å². The zero-order valence-electron chi connectivity index (χ0n) is 22.5. The smallest absolute Gasteiger partial charge is 0.253 e. The standard InChI is InChI=1S/C31H40FN5O/c1-35(31(38)30-17-22(18-33)16-24-4-2-3-5-29(24)30)19-25(23-6-8-26(32)9-7-23)10-13-36-20-28(21-36)37-14-11-27(34)12-15-37/h6-9,16-17,25,27-28H,2-5,10-15,19-21,34H2,1H3. The van der Waals surface area contributed by atoms with Gasteiger partial charge in [0.25, 0.3) is 5.91 Å². The van der Waals surface area contributed by atoms with Gasteiger partial charge in [-0.3, -0.25) is 9.69 Å². The minimum Gasteiger partial charge on any atom is -0.341 e. The van der Waals surface area contributed by atoms with E-state index in [2.05, 4.69) is 15.9 Å². The van der Waals surface area contributed by atoms with Gasteiger partial charge in [-0.1, -0.05) is 12.1 Å². The number of carbonyl (C=O) groups excluding carboxylic acids is 1. The van der Waals surface area contributed by atoms with Crippen LogP contribution >= 0.6 is 0 Å². The molecule has 38 heavy (non-hydrogen) atoms. The van der Waals surface area contributed by atoms with Crippen molar-refractivity contribution in [3.05, 3.63) is 70.0 Å². The molecule has 2 aliphatic heterocycles. The second-order valence-electron chi connectivity index (χ2n) is 11.5. The molecule has 2 N–H and O–H groups in total. The van der Waals surface area contributed by atoms with E-state index in [1.807, 2.05) is 25.2 Å². The van der Waals surface area contributed by atoms with Crippen LogP contribution in [0.1, 0.15) is 70.6 Å². The molecule has 0 saturated carbocycles. The van der Waals surface area contributed by atoms with Crippen molar-refractivity contribution in [3.63, 3.8) is 0 Å². The second-order valence-corrected chi connectivity index (χ2v) is 11.5. The number of amides is 1. The first-order valence-electron chi connectivity index (χ1n) is 14.2. The van der Waals surface area contributed by atoms with Gasteiger partial charge in [0, 0.05) is 63.3 Å². The molecular weight excluding hydrogens is 477 g/mol. The van der Waals surface area contributed by atoms with Crippen LogP contribution in [0.3, 0.4) is 0 Å². The number of likely N-dealkylation sites (tertiary alicyclic amines) is 2. The Hall–Kier alpha value is -2.79. The van der Waals surface area contributed by atoms with E-state index in [1.165, 1.54) is 12.1 Å². The van der Waals surface area contributed by atoms with E-state index in [0.717, 1.165) is 94.4 Å². The number of carbonyl (C=O) groups is 1. The molecule has 2 fully saturated rings. The fourth-order valence-electron chi connectivity index (χ4n) is 6.42. The number of piperidine rings is 1. The number of benzene rings is 2. The zero-order valence-corrected chi connectivity index (χ0v) is 22.5. The van der Waals surface area contributed by atoms with Crippen molar-refractivity contribution in [1.29, 1.82) is 5.26 Å². The molecule has 2 saturated heterocycles. The number of fused-ring (bicyclic) bond motifs is 1. The predicted octanol–water partition coefficient (Wildman–Crippen LogP) is 3.93. The van der Waals surface area contributed by atoms with Crippen molar-refractivity contribution in [2.75, 3.05) is 46.3 Å². The number of aryl methyl sites for hydroxylation is 1. The third-order valence-electron chi connectivity index (χ3n) is 8.83. The summed E-state index contributed by atoms with van der Waals surface area (Å²) < 4.78 is 13.7. The first kappa shape index (κ1) is 26.8. The SMILES string of the molecule is CN(CC(CCN1CC(N2CCC(N)CC2)C1)c1ccc(F)cc1)C(=O)c1cc(C#N)cc2c1CCCC2. The number of likely N-dealkylation sites (N-methyl/N-ethyl adjacent to an activating group) is 1. The molecule has 5 rings (SSSR count). The molecule has 1 unspecified atom stereocenters. The maximum atomic E-state index is 13.7. The molecule has 202 valence electrons. The number of nitrogens with two attached hydrogens (primary N) is 1. The molecule has 2 heterocycles. The summed E-state index contributed by atoms with van der Waals surface area (Å²) in [4.78, 5) is 20.6. The summed E-state index contributed by atoms with van der Waals surface area (Å²) in [6, 6.07) is 13.7. The summed E-state index contributed by atoms with van der Waals surface area (Å²) in [5.74, 6) is -0.171. The lowest BCUT2D eigenvalue weighted by Gasteiger charge is -2.47. The summed E-state index contributed by atoms with van der Waals surface area (Å²) in [6.45, 7) is 5.86. The lowest BCUT2D eigenvalue weighted by atomic mass is 9.86. The molecule has 0 radical (unpaired) electrons. The highest BCUT2D eigenvalue weighted by molar-refractivity contribution is 5.96. The molecule has 0 bridgehead atoms. The van der Waals surface area contributed by atoms with Crippen LogP contribution in [-0.4, -0.2) is 79.0 Å². The lowest BCUT2D eigenvalue weighted by molar-refractivity contribution is 0.0188. The molecule has 2 aromatic carbocycles. The number of hydrogen-bond donors (Lipinski definition) is 1. The lowest BCUT2D eigenvalue weighted by Crippen LogP contribution is -2.61. The van der Waals surface area contributed by atoms with Gasteiger partial charge in [-0.25, -0.2) is 4.39 Å². The summed E-state index contributed by atoms with van der Waals surface area (Å²) >= 11 is 0. The van der Waals surface area contributed by atoms with E-state index < -0.39 is 0 Å². The van der Waals surface area contributed by atoms with Crippen LogP contribution in [0.15, 0.2) is 36.4 Å². The van der Waals surface area contributed by atoms with Crippen molar-refractivity contribution in [3.8, 4) is 6.07 Å². The summed E-state index contributed by atoms with van der Waals surface area (Å²) in [7, 11) is 1.86. The van der Waals surface area contributed by atoms with Gasteiger partial charge in [0.15, 0.2) is 0 Å². The fourth-order valence-corrected chi connectivity index (χ4v) is 6.42. The minimum absolute atomic E-state index is 0.0281.